The van der Waals surface area contributed by atoms with Crippen LogP contribution in [-0.4, -0.2) is 5.78 Å². The van der Waals surface area contributed by atoms with E-state index in [9.17, 15) is 4.79 Å². The summed E-state index contributed by atoms with van der Waals surface area (Å²) in [7, 11) is 0. The third kappa shape index (κ3) is 4.49. The lowest BCUT2D eigenvalue weighted by molar-refractivity contribution is -0.127. The molecular formula is C23H34O. The van der Waals surface area contributed by atoms with Gasteiger partial charge in [0.15, 0.2) is 0 Å². The Balaban J connectivity index is 1.44. The lowest BCUT2D eigenvalue weighted by atomic mass is 9.74. The third-order valence-electron chi connectivity index (χ3n) is 6.56. The lowest BCUT2D eigenvalue weighted by Crippen LogP contribution is -2.26. The van der Waals surface area contributed by atoms with Crippen molar-refractivity contribution < 1.29 is 4.79 Å². The van der Waals surface area contributed by atoms with Crippen LogP contribution in [0.25, 0.3) is 0 Å². The molecule has 0 spiro atoms. The Morgan fingerprint density at radius 1 is 0.917 bits per heavy atom. The van der Waals surface area contributed by atoms with E-state index in [2.05, 4.69) is 37.3 Å². The summed E-state index contributed by atoms with van der Waals surface area (Å²) in [6.07, 6.45) is 13.7. The van der Waals surface area contributed by atoms with Gasteiger partial charge in [0.25, 0.3) is 0 Å². The topological polar surface area (TPSA) is 17.1 Å². The first-order chi connectivity index (χ1) is 11.8. The van der Waals surface area contributed by atoms with Crippen molar-refractivity contribution in [3.8, 4) is 0 Å². The van der Waals surface area contributed by atoms with Crippen LogP contribution in [0.3, 0.4) is 0 Å². The molecule has 0 aliphatic heterocycles. The second kappa shape index (κ2) is 8.83. The fourth-order valence-corrected chi connectivity index (χ4v) is 5.05. The molecule has 132 valence electrons. The fraction of sp³-hybridized carbons (Fsp3) is 0.696. The molecular weight excluding hydrogens is 292 g/mol. The first-order valence-electron chi connectivity index (χ1n) is 10.4. The number of rotatable bonds is 7. The Kier molecular flexibility index (Phi) is 6.51. The molecule has 3 rings (SSSR count). The van der Waals surface area contributed by atoms with E-state index in [1.807, 2.05) is 0 Å². The lowest BCUT2D eigenvalue weighted by Gasteiger charge is -2.29. The number of ketones is 1. The molecule has 1 nitrogen and oxygen atoms in total. The Labute approximate surface area is 148 Å². The molecule has 2 fully saturated rings. The van der Waals surface area contributed by atoms with Crippen LogP contribution in [0.15, 0.2) is 30.3 Å². The van der Waals surface area contributed by atoms with Gasteiger partial charge in [0.1, 0.15) is 5.78 Å². The first kappa shape index (κ1) is 17.7. The maximum absolute atomic E-state index is 12.9. The van der Waals surface area contributed by atoms with Crippen molar-refractivity contribution in [3.63, 3.8) is 0 Å². The van der Waals surface area contributed by atoms with E-state index >= 15 is 0 Å². The Bertz CT molecular complexity index is 498. The molecule has 0 heterocycles. The highest BCUT2D eigenvalue weighted by Crippen LogP contribution is 2.41. The average Bonchev–Trinajstić information content (AvgIpc) is 3.11. The first-order valence-corrected chi connectivity index (χ1v) is 10.4. The zero-order chi connectivity index (χ0) is 16.8. The largest absolute Gasteiger partial charge is 0.299 e. The van der Waals surface area contributed by atoms with Gasteiger partial charge in [-0.2, -0.15) is 0 Å². The van der Waals surface area contributed by atoms with Crippen molar-refractivity contribution in [3.05, 3.63) is 35.9 Å². The maximum atomic E-state index is 12.9. The van der Waals surface area contributed by atoms with Crippen molar-refractivity contribution in [2.24, 2.45) is 17.8 Å². The summed E-state index contributed by atoms with van der Waals surface area (Å²) >= 11 is 0. The molecule has 2 atom stereocenters. The summed E-state index contributed by atoms with van der Waals surface area (Å²) in [5.41, 5.74) is 1.47. The van der Waals surface area contributed by atoms with Crippen LogP contribution in [0.5, 0.6) is 0 Å². The standard InChI is InChI=1S/C23H34O/c1-2-3-5-8-18-11-12-22(17-18)23(24)21-15-13-20(14-16-21)19-9-6-4-7-10-19/h4,6-7,9-10,18,20-22H,2-3,5,8,11-17H2,1H3/t18-,20?,21?,22+/m0/s1. The molecule has 24 heavy (non-hydrogen) atoms. The van der Waals surface area contributed by atoms with E-state index in [1.54, 1.807) is 0 Å². The third-order valence-corrected chi connectivity index (χ3v) is 6.56. The average molecular weight is 327 g/mol. The molecule has 1 aromatic carbocycles. The maximum Gasteiger partial charge on any atom is 0.139 e. The quantitative estimate of drug-likeness (QED) is 0.521. The second-order valence-corrected chi connectivity index (χ2v) is 8.23. The van der Waals surface area contributed by atoms with Crippen LogP contribution in [0.1, 0.15) is 89.0 Å². The van der Waals surface area contributed by atoms with Crippen molar-refractivity contribution in [2.75, 3.05) is 0 Å². The minimum atomic E-state index is 0.365. The molecule has 0 saturated heterocycles. The van der Waals surface area contributed by atoms with Crippen molar-refractivity contribution in [2.45, 2.75) is 83.5 Å². The highest BCUT2D eigenvalue weighted by atomic mass is 16.1. The van der Waals surface area contributed by atoms with E-state index in [-0.39, 0.29) is 0 Å². The summed E-state index contributed by atoms with van der Waals surface area (Å²) in [6.45, 7) is 2.27. The molecule has 0 unspecified atom stereocenters. The molecule has 0 N–H and O–H groups in total. The number of benzene rings is 1. The molecule has 2 saturated carbocycles. The van der Waals surface area contributed by atoms with Gasteiger partial charge in [-0.15, -0.1) is 0 Å². The van der Waals surface area contributed by atoms with Gasteiger partial charge in [-0.25, -0.2) is 0 Å². The van der Waals surface area contributed by atoms with Crippen LogP contribution in [0.4, 0.5) is 0 Å². The van der Waals surface area contributed by atoms with Gasteiger partial charge in [-0.1, -0.05) is 62.9 Å². The SMILES string of the molecule is CCCCC[C@H]1CC[C@@H](C(=O)C2CCC(c3ccccc3)CC2)C1. The highest BCUT2D eigenvalue weighted by molar-refractivity contribution is 5.83. The normalized spacial score (nSPS) is 30.4. The molecule has 2 aliphatic rings. The summed E-state index contributed by atoms with van der Waals surface area (Å²) < 4.78 is 0. The van der Waals surface area contributed by atoms with Gasteiger partial charge < -0.3 is 0 Å². The predicted molar refractivity (Wildman–Crippen MR) is 101 cm³/mol. The molecule has 1 heteroatoms. The van der Waals surface area contributed by atoms with E-state index < -0.39 is 0 Å². The summed E-state index contributed by atoms with van der Waals surface area (Å²) in [6, 6.07) is 10.9. The summed E-state index contributed by atoms with van der Waals surface area (Å²) in [4.78, 5) is 12.9. The zero-order valence-corrected chi connectivity index (χ0v) is 15.4. The highest BCUT2D eigenvalue weighted by Gasteiger charge is 2.35. The number of carbonyl (C=O) groups excluding carboxylic acids is 1. The monoisotopic (exact) mass is 326 g/mol. The molecule has 1 aromatic rings. The van der Waals surface area contributed by atoms with Crippen molar-refractivity contribution in [1.29, 1.82) is 0 Å². The van der Waals surface area contributed by atoms with Crippen LogP contribution >= 0.6 is 0 Å². The van der Waals surface area contributed by atoms with Crippen LogP contribution in [0, 0.1) is 17.8 Å². The van der Waals surface area contributed by atoms with Gasteiger partial charge in [-0.05, 0) is 62.3 Å². The number of carbonyl (C=O) groups is 1. The van der Waals surface area contributed by atoms with Gasteiger partial charge in [0.05, 0.1) is 0 Å². The molecule has 0 radical (unpaired) electrons. The van der Waals surface area contributed by atoms with Crippen LogP contribution < -0.4 is 0 Å². The number of unbranched alkanes of at least 4 members (excludes halogenated alkanes) is 2. The van der Waals surface area contributed by atoms with E-state index in [0.717, 1.165) is 18.8 Å². The van der Waals surface area contributed by atoms with Crippen LogP contribution in [0.2, 0.25) is 0 Å². The number of hydrogen-bond donors (Lipinski definition) is 0. The van der Waals surface area contributed by atoms with Gasteiger partial charge in [0, 0.05) is 11.8 Å². The van der Waals surface area contributed by atoms with Crippen LogP contribution in [-0.2, 0) is 4.79 Å². The minimum absolute atomic E-state index is 0.365. The molecule has 0 aromatic heterocycles. The molecule has 0 amide bonds. The van der Waals surface area contributed by atoms with Gasteiger partial charge >= 0.3 is 0 Å². The van der Waals surface area contributed by atoms with Crippen molar-refractivity contribution >= 4 is 5.78 Å². The van der Waals surface area contributed by atoms with Crippen molar-refractivity contribution in [1.82, 2.24) is 0 Å². The summed E-state index contributed by atoms with van der Waals surface area (Å²) in [5, 5.41) is 0. The predicted octanol–water partition coefficient (Wildman–Crippen LogP) is 6.53. The Morgan fingerprint density at radius 3 is 2.33 bits per heavy atom. The second-order valence-electron chi connectivity index (χ2n) is 8.23. The molecule has 0 bridgehead atoms. The number of Topliss-reactive ketones (excluding diaryl/α,β-unsaturated/α-hetero) is 1. The van der Waals surface area contributed by atoms with E-state index in [1.165, 1.54) is 63.4 Å². The Hall–Kier alpha value is -1.11. The van der Waals surface area contributed by atoms with E-state index in [0.29, 0.717) is 23.5 Å². The van der Waals surface area contributed by atoms with Gasteiger partial charge in [-0.3, -0.25) is 4.79 Å². The Morgan fingerprint density at radius 2 is 1.62 bits per heavy atom. The zero-order valence-electron chi connectivity index (χ0n) is 15.4. The number of hydrogen-bond acceptors (Lipinski definition) is 1. The molecule has 2 aliphatic carbocycles. The minimum Gasteiger partial charge on any atom is -0.299 e. The fourth-order valence-electron chi connectivity index (χ4n) is 5.05. The summed E-state index contributed by atoms with van der Waals surface area (Å²) in [5.74, 6) is 2.91. The smallest absolute Gasteiger partial charge is 0.139 e. The van der Waals surface area contributed by atoms with E-state index in [4.69, 9.17) is 0 Å². The van der Waals surface area contributed by atoms with Gasteiger partial charge in [0.2, 0.25) is 0 Å².